The molecule has 1 aromatic rings. The summed E-state index contributed by atoms with van der Waals surface area (Å²) in [6, 6.07) is 0. The van der Waals surface area contributed by atoms with E-state index >= 15 is 0 Å². The third kappa shape index (κ3) is 3.48. The summed E-state index contributed by atoms with van der Waals surface area (Å²) in [4.78, 5) is 0. The molecule has 0 N–H and O–H groups in total. The van der Waals surface area contributed by atoms with E-state index in [0.29, 0.717) is 6.29 Å². The summed E-state index contributed by atoms with van der Waals surface area (Å²) in [5.74, 6) is 0. The number of imidazole rings is 1. The lowest BCUT2D eigenvalue weighted by Crippen LogP contribution is -2.48. The molecule has 4 heteroatoms. The highest BCUT2D eigenvalue weighted by atomic mass is 31.1. The van der Waals surface area contributed by atoms with E-state index in [2.05, 4.69) is 25.3 Å². The minimum Gasteiger partial charge on any atom is -0.322 e. The molecule has 0 radical (unpaired) electrons. The van der Waals surface area contributed by atoms with Gasteiger partial charge in [-0.05, 0) is 20.8 Å². The molecule has 3 nitrogen and oxygen atoms in total. The quantitative estimate of drug-likeness (QED) is 0.579. The van der Waals surface area contributed by atoms with Gasteiger partial charge < -0.3 is 4.57 Å². The highest BCUT2D eigenvalue weighted by Crippen LogP contribution is 2.39. The summed E-state index contributed by atoms with van der Waals surface area (Å²) < 4.78 is 16.2. The Labute approximate surface area is 99.3 Å². The second kappa shape index (κ2) is 4.37. The monoisotopic (exact) mass is 243 g/mol. The van der Waals surface area contributed by atoms with Gasteiger partial charge in [0.2, 0.25) is 6.33 Å². The fraction of sp³-hybridized carbons (Fsp3) is 0.750. The first-order valence-electron chi connectivity index (χ1n) is 5.71. The van der Waals surface area contributed by atoms with E-state index in [1.54, 1.807) is 0 Å². The largest absolute Gasteiger partial charge is 0.322 e. The maximum absolute atomic E-state index is 12.0. The lowest BCUT2D eigenvalue weighted by molar-refractivity contribution is -0.753. The first-order valence-corrected chi connectivity index (χ1v) is 7.33. The van der Waals surface area contributed by atoms with Crippen molar-refractivity contribution in [2.75, 3.05) is 0 Å². The van der Waals surface area contributed by atoms with Crippen LogP contribution < -0.4 is 4.57 Å². The predicted octanol–water partition coefficient (Wildman–Crippen LogP) is 2.85. The topological polar surface area (TPSA) is 25.9 Å². The first-order chi connectivity index (χ1) is 7.10. The van der Waals surface area contributed by atoms with E-state index in [4.69, 9.17) is 0 Å². The molecule has 0 aromatic carbocycles. The van der Waals surface area contributed by atoms with Crippen molar-refractivity contribution >= 4 is 7.80 Å². The SMILES string of the molecule is CC(C)(C)[n+]1ccn(C[PH](=O)C(C)(C)C)c1. The highest BCUT2D eigenvalue weighted by Gasteiger charge is 2.23. The smallest absolute Gasteiger partial charge is 0.244 e. The molecule has 0 saturated carbocycles. The van der Waals surface area contributed by atoms with Crippen molar-refractivity contribution in [3.05, 3.63) is 18.7 Å². The third-order valence-electron chi connectivity index (χ3n) is 2.63. The van der Waals surface area contributed by atoms with Gasteiger partial charge in [-0.15, -0.1) is 0 Å². The second-order valence-corrected chi connectivity index (χ2v) is 9.00. The molecule has 0 saturated heterocycles. The van der Waals surface area contributed by atoms with Gasteiger partial charge in [-0.1, -0.05) is 20.8 Å². The second-order valence-electron chi connectivity index (χ2n) is 6.34. The average molecular weight is 243 g/mol. The van der Waals surface area contributed by atoms with E-state index in [9.17, 15) is 4.57 Å². The number of hydrogen-bond acceptors (Lipinski definition) is 1. The normalized spacial score (nSPS) is 15.1. The molecular weight excluding hydrogens is 219 g/mol. The van der Waals surface area contributed by atoms with Crippen LogP contribution in [0, 0.1) is 0 Å². The van der Waals surface area contributed by atoms with Crippen molar-refractivity contribution in [3.63, 3.8) is 0 Å². The lowest BCUT2D eigenvalue weighted by Gasteiger charge is -2.16. The maximum atomic E-state index is 12.0. The number of hydrogen-bond donors (Lipinski definition) is 0. The summed E-state index contributed by atoms with van der Waals surface area (Å²) in [6.45, 7) is 12.6. The van der Waals surface area contributed by atoms with Crippen LogP contribution >= 0.6 is 7.80 Å². The molecule has 1 unspecified atom stereocenters. The van der Waals surface area contributed by atoms with Crippen LogP contribution in [0.4, 0.5) is 0 Å². The average Bonchev–Trinajstić information content (AvgIpc) is 2.49. The molecule has 0 aliphatic carbocycles. The van der Waals surface area contributed by atoms with Gasteiger partial charge in [0.05, 0.1) is 0 Å². The molecule has 0 fully saturated rings. The zero-order chi connectivity index (χ0) is 12.6. The Morgan fingerprint density at radius 1 is 1.19 bits per heavy atom. The Kier molecular flexibility index (Phi) is 3.69. The van der Waals surface area contributed by atoms with Crippen LogP contribution in [0.2, 0.25) is 0 Å². The molecule has 0 aliphatic rings. The standard InChI is InChI=1S/C12H24N2OP/c1-11(2,3)14-8-7-13(9-14)10-16(15)12(4,5)6/h7-9,16H,10H2,1-6H3/q+1. The molecule has 0 aliphatic heterocycles. The van der Waals surface area contributed by atoms with Gasteiger partial charge in [-0.25, -0.2) is 9.13 Å². The maximum Gasteiger partial charge on any atom is 0.244 e. The van der Waals surface area contributed by atoms with E-state index in [1.165, 1.54) is 0 Å². The molecule has 0 bridgehead atoms. The Morgan fingerprint density at radius 3 is 2.12 bits per heavy atom. The zero-order valence-corrected chi connectivity index (χ0v) is 12.2. The van der Waals surface area contributed by atoms with Crippen LogP contribution in [0.25, 0.3) is 0 Å². The fourth-order valence-electron chi connectivity index (χ4n) is 1.29. The molecule has 0 amide bonds. The van der Waals surface area contributed by atoms with Crippen LogP contribution in [-0.4, -0.2) is 9.72 Å². The molecular formula is C12H24N2OP+. The number of nitrogens with zero attached hydrogens (tertiary/aromatic N) is 2. The molecule has 1 atom stereocenters. The van der Waals surface area contributed by atoms with Gasteiger partial charge >= 0.3 is 0 Å². The van der Waals surface area contributed by atoms with Crippen LogP contribution in [0.1, 0.15) is 41.5 Å². The van der Waals surface area contributed by atoms with Crippen LogP contribution in [0.5, 0.6) is 0 Å². The van der Waals surface area contributed by atoms with Gasteiger partial charge in [0.1, 0.15) is 32.0 Å². The summed E-state index contributed by atoms with van der Waals surface area (Å²) in [7, 11) is -1.59. The number of aromatic nitrogens is 2. The van der Waals surface area contributed by atoms with Crippen LogP contribution in [-0.2, 0) is 16.4 Å². The lowest BCUT2D eigenvalue weighted by atomic mass is 10.1. The zero-order valence-electron chi connectivity index (χ0n) is 11.2. The summed E-state index contributed by atoms with van der Waals surface area (Å²) >= 11 is 0. The molecule has 1 aromatic heterocycles. The van der Waals surface area contributed by atoms with Crippen molar-refractivity contribution in [2.45, 2.75) is 58.5 Å². The Hall–Kier alpha value is -0.560. The van der Waals surface area contributed by atoms with E-state index < -0.39 is 7.80 Å². The summed E-state index contributed by atoms with van der Waals surface area (Å²) in [5, 5.41) is -0.0818. The minimum absolute atomic E-state index is 0.0818. The van der Waals surface area contributed by atoms with Gasteiger partial charge in [-0.2, -0.15) is 0 Å². The van der Waals surface area contributed by atoms with Crippen molar-refractivity contribution in [2.24, 2.45) is 0 Å². The van der Waals surface area contributed by atoms with Crippen molar-refractivity contribution in [1.29, 1.82) is 0 Å². The van der Waals surface area contributed by atoms with Crippen molar-refractivity contribution in [3.8, 4) is 0 Å². The van der Waals surface area contributed by atoms with Gasteiger partial charge in [0, 0.05) is 5.16 Å². The predicted molar refractivity (Wildman–Crippen MR) is 68.4 cm³/mol. The number of rotatable bonds is 2. The van der Waals surface area contributed by atoms with E-state index in [1.807, 2.05) is 44.1 Å². The van der Waals surface area contributed by atoms with Crippen LogP contribution in [0.15, 0.2) is 18.7 Å². The Morgan fingerprint density at radius 2 is 1.75 bits per heavy atom. The van der Waals surface area contributed by atoms with Crippen molar-refractivity contribution in [1.82, 2.24) is 4.57 Å². The third-order valence-corrected chi connectivity index (χ3v) is 4.95. The first kappa shape index (κ1) is 13.5. The van der Waals surface area contributed by atoms with Gasteiger partial charge in [0.15, 0.2) is 0 Å². The highest BCUT2D eigenvalue weighted by molar-refractivity contribution is 7.45. The molecule has 1 rings (SSSR count). The molecule has 92 valence electrons. The van der Waals surface area contributed by atoms with Crippen molar-refractivity contribution < 1.29 is 9.13 Å². The fourth-order valence-corrected chi connectivity index (χ4v) is 2.28. The summed E-state index contributed by atoms with van der Waals surface area (Å²) in [5.41, 5.74) is 0.0861. The molecule has 1 heterocycles. The Bertz CT molecular complexity index is 382. The molecule has 0 spiro atoms. The minimum atomic E-state index is -1.59. The Balaban J connectivity index is 2.78. The van der Waals surface area contributed by atoms with E-state index in [-0.39, 0.29) is 10.7 Å². The van der Waals surface area contributed by atoms with Gasteiger partial charge in [0.25, 0.3) is 0 Å². The van der Waals surface area contributed by atoms with Gasteiger partial charge in [-0.3, -0.25) is 0 Å². The van der Waals surface area contributed by atoms with Crippen LogP contribution in [0.3, 0.4) is 0 Å². The van der Waals surface area contributed by atoms with E-state index in [0.717, 1.165) is 0 Å². The summed E-state index contributed by atoms with van der Waals surface area (Å²) in [6.07, 6.45) is 6.71. The molecule has 16 heavy (non-hydrogen) atoms.